The monoisotopic (exact) mass is 394 g/mol. The SMILES string of the molecule is CCN1CCC[C@@H]1CNC(=O)C(=O)Nc1cccc(N2CCCS2(=O)=O)c1. The molecule has 148 valence electrons. The van der Waals surface area contributed by atoms with Crippen molar-refractivity contribution >= 4 is 33.2 Å². The van der Waals surface area contributed by atoms with Gasteiger partial charge in [0.1, 0.15) is 0 Å². The van der Waals surface area contributed by atoms with Crippen LogP contribution in [-0.2, 0) is 19.6 Å². The third kappa shape index (κ3) is 4.59. The van der Waals surface area contributed by atoms with Crippen LogP contribution in [-0.4, -0.2) is 63.1 Å². The lowest BCUT2D eigenvalue weighted by atomic mass is 10.2. The van der Waals surface area contributed by atoms with Crippen molar-refractivity contribution < 1.29 is 18.0 Å². The second-order valence-corrected chi connectivity index (χ2v) is 8.89. The number of amides is 2. The van der Waals surface area contributed by atoms with Crippen LogP contribution >= 0.6 is 0 Å². The molecule has 0 radical (unpaired) electrons. The third-order valence-electron chi connectivity index (χ3n) is 5.10. The number of anilines is 2. The van der Waals surface area contributed by atoms with E-state index in [-0.39, 0.29) is 11.8 Å². The molecular weight excluding hydrogens is 368 g/mol. The van der Waals surface area contributed by atoms with E-state index in [9.17, 15) is 18.0 Å². The zero-order chi connectivity index (χ0) is 19.4. The molecule has 2 heterocycles. The van der Waals surface area contributed by atoms with Crippen molar-refractivity contribution in [3.8, 4) is 0 Å². The number of nitrogens with zero attached hydrogens (tertiary/aromatic N) is 2. The lowest BCUT2D eigenvalue weighted by Crippen LogP contribution is -2.43. The van der Waals surface area contributed by atoms with Gasteiger partial charge in [-0.1, -0.05) is 13.0 Å². The minimum absolute atomic E-state index is 0.127. The zero-order valence-corrected chi connectivity index (χ0v) is 16.3. The van der Waals surface area contributed by atoms with E-state index in [1.807, 2.05) is 0 Å². The van der Waals surface area contributed by atoms with E-state index in [0.29, 0.717) is 30.9 Å². The molecule has 2 N–H and O–H groups in total. The average Bonchev–Trinajstić information content (AvgIpc) is 3.24. The number of likely N-dealkylation sites (N-methyl/N-ethyl adjacent to an activating group) is 1. The highest BCUT2D eigenvalue weighted by atomic mass is 32.2. The summed E-state index contributed by atoms with van der Waals surface area (Å²) in [5, 5.41) is 5.24. The number of sulfonamides is 1. The summed E-state index contributed by atoms with van der Waals surface area (Å²) in [5.41, 5.74) is 0.890. The first-order valence-corrected chi connectivity index (χ1v) is 11.0. The van der Waals surface area contributed by atoms with Crippen molar-refractivity contribution in [2.24, 2.45) is 0 Å². The highest BCUT2D eigenvalue weighted by Gasteiger charge is 2.29. The Bertz CT molecular complexity index is 811. The van der Waals surface area contributed by atoms with Crippen LogP contribution < -0.4 is 14.9 Å². The molecule has 3 rings (SSSR count). The van der Waals surface area contributed by atoms with Gasteiger partial charge in [-0.25, -0.2) is 8.42 Å². The van der Waals surface area contributed by atoms with Crippen LogP contribution in [0.2, 0.25) is 0 Å². The Kier molecular flexibility index (Phi) is 6.01. The van der Waals surface area contributed by atoms with Crippen molar-refractivity contribution in [2.75, 3.05) is 41.6 Å². The molecule has 1 aromatic carbocycles. The number of rotatable bonds is 5. The van der Waals surface area contributed by atoms with Crippen molar-refractivity contribution in [1.29, 1.82) is 0 Å². The fraction of sp³-hybridized carbons (Fsp3) is 0.556. The molecule has 0 unspecified atom stereocenters. The lowest BCUT2D eigenvalue weighted by Gasteiger charge is -2.22. The molecule has 2 aliphatic rings. The van der Waals surface area contributed by atoms with Gasteiger partial charge in [0, 0.05) is 24.8 Å². The maximum Gasteiger partial charge on any atom is 0.313 e. The number of hydrogen-bond donors (Lipinski definition) is 2. The maximum absolute atomic E-state index is 12.2. The van der Waals surface area contributed by atoms with Crippen LogP contribution in [0.5, 0.6) is 0 Å². The van der Waals surface area contributed by atoms with Crippen molar-refractivity contribution in [2.45, 2.75) is 32.2 Å². The number of nitrogens with one attached hydrogen (secondary N) is 2. The molecule has 0 aromatic heterocycles. The Balaban J connectivity index is 1.57. The fourth-order valence-electron chi connectivity index (χ4n) is 3.69. The Hall–Kier alpha value is -2.13. The van der Waals surface area contributed by atoms with Gasteiger partial charge in [0.2, 0.25) is 10.0 Å². The van der Waals surface area contributed by atoms with Crippen LogP contribution in [0.15, 0.2) is 24.3 Å². The van der Waals surface area contributed by atoms with Crippen LogP contribution in [0.25, 0.3) is 0 Å². The molecule has 2 aliphatic heterocycles. The van der Waals surface area contributed by atoms with E-state index in [2.05, 4.69) is 22.5 Å². The molecule has 1 atom stereocenters. The maximum atomic E-state index is 12.2. The molecule has 2 fully saturated rings. The van der Waals surface area contributed by atoms with E-state index in [1.165, 1.54) is 4.31 Å². The highest BCUT2D eigenvalue weighted by Crippen LogP contribution is 2.26. The standard InChI is InChI=1S/C18H26N4O4S/c1-2-21-9-4-8-16(21)13-19-17(23)18(24)20-14-6-3-7-15(12-14)22-10-5-11-27(22,25)26/h3,6-7,12,16H,2,4-5,8-11,13H2,1H3,(H,19,23)(H,20,24)/t16-/m1/s1. The normalized spacial score (nSPS) is 22.0. The van der Waals surface area contributed by atoms with Gasteiger partial charge in [-0.3, -0.25) is 18.8 Å². The molecule has 0 spiro atoms. The lowest BCUT2D eigenvalue weighted by molar-refractivity contribution is -0.136. The second kappa shape index (κ2) is 8.26. The van der Waals surface area contributed by atoms with E-state index in [1.54, 1.807) is 24.3 Å². The number of carbonyl (C=O) groups excluding carboxylic acids is 2. The quantitative estimate of drug-likeness (QED) is 0.719. The Morgan fingerprint density at radius 1 is 1.19 bits per heavy atom. The molecule has 2 amide bonds. The minimum Gasteiger partial charge on any atom is -0.346 e. The summed E-state index contributed by atoms with van der Waals surface area (Å²) >= 11 is 0. The Labute approximate surface area is 160 Å². The predicted molar refractivity (Wildman–Crippen MR) is 104 cm³/mol. The molecular formula is C18H26N4O4S. The fourth-order valence-corrected chi connectivity index (χ4v) is 5.25. The van der Waals surface area contributed by atoms with Gasteiger partial charge >= 0.3 is 11.8 Å². The van der Waals surface area contributed by atoms with E-state index >= 15 is 0 Å². The highest BCUT2D eigenvalue weighted by molar-refractivity contribution is 7.93. The Morgan fingerprint density at radius 2 is 2.00 bits per heavy atom. The zero-order valence-electron chi connectivity index (χ0n) is 15.5. The van der Waals surface area contributed by atoms with Crippen molar-refractivity contribution in [3.63, 3.8) is 0 Å². The van der Waals surface area contributed by atoms with Crippen LogP contribution in [0.4, 0.5) is 11.4 Å². The largest absolute Gasteiger partial charge is 0.346 e. The molecule has 1 aromatic rings. The van der Waals surface area contributed by atoms with Crippen LogP contribution in [0.1, 0.15) is 26.2 Å². The number of likely N-dealkylation sites (tertiary alicyclic amines) is 1. The first kappa shape index (κ1) is 19.6. The molecule has 0 saturated carbocycles. The predicted octanol–water partition coefficient (Wildman–Crippen LogP) is 0.766. The summed E-state index contributed by atoms with van der Waals surface area (Å²) in [4.78, 5) is 26.5. The van der Waals surface area contributed by atoms with Gasteiger partial charge < -0.3 is 10.6 Å². The first-order valence-electron chi connectivity index (χ1n) is 9.34. The summed E-state index contributed by atoms with van der Waals surface area (Å²) in [5.74, 6) is -1.31. The topological polar surface area (TPSA) is 98.8 Å². The molecule has 2 saturated heterocycles. The molecule has 0 aliphatic carbocycles. The molecule has 8 nitrogen and oxygen atoms in total. The van der Waals surface area contributed by atoms with E-state index < -0.39 is 21.8 Å². The summed E-state index contributed by atoms with van der Waals surface area (Å²) < 4.78 is 25.4. The number of benzene rings is 1. The summed E-state index contributed by atoms with van der Waals surface area (Å²) in [6, 6.07) is 6.82. The average molecular weight is 394 g/mol. The molecule has 0 bridgehead atoms. The number of hydrogen-bond acceptors (Lipinski definition) is 5. The molecule has 9 heteroatoms. The first-order chi connectivity index (χ1) is 12.9. The van der Waals surface area contributed by atoms with Gasteiger partial charge in [-0.05, 0) is 50.6 Å². The van der Waals surface area contributed by atoms with E-state index in [4.69, 9.17) is 0 Å². The Morgan fingerprint density at radius 3 is 2.70 bits per heavy atom. The van der Waals surface area contributed by atoms with Crippen molar-refractivity contribution in [3.05, 3.63) is 24.3 Å². The van der Waals surface area contributed by atoms with Crippen LogP contribution in [0.3, 0.4) is 0 Å². The summed E-state index contributed by atoms with van der Waals surface area (Å²) in [6.07, 6.45) is 2.70. The van der Waals surface area contributed by atoms with Crippen LogP contribution in [0, 0.1) is 0 Å². The second-order valence-electron chi connectivity index (χ2n) is 6.88. The van der Waals surface area contributed by atoms with Gasteiger partial charge in [-0.2, -0.15) is 0 Å². The van der Waals surface area contributed by atoms with Crippen molar-refractivity contribution in [1.82, 2.24) is 10.2 Å². The number of carbonyl (C=O) groups is 2. The van der Waals surface area contributed by atoms with E-state index in [0.717, 1.165) is 25.9 Å². The smallest absolute Gasteiger partial charge is 0.313 e. The van der Waals surface area contributed by atoms with Gasteiger partial charge in [-0.15, -0.1) is 0 Å². The summed E-state index contributed by atoms with van der Waals surface area (Å²) in [6.45, 7) is 4.91. The third-order valence-corrected chi connectivity index (χ3v) is 6.97. The molecule has 27 heavy (non-hydrogen) atoms. The van der Waals surface area contributed by atoms with Gasteiger partial charge in [0.15, 0.2) is 0 Å². The minimum atomic E-state index is -3.29. The summed E-state index contributed by atoms with van der Waals surface area (Å²) in [7, 11) is -3.29. The van der Waals surface area contributed by atoms with Gasteiger partial charge in [0.05, 0.1) is 11.4 Å². The van der Waals surface area contributed by atoms with Gasteiger partial charge in [0.25, 0.3) is 0 Å².